The Hall–Kier alpha value is -1.72. The first-order chi connectivity index (χ1) is 8.33. The molecule has 1 amide bonds. The van der Waals surface area contributed by atoms with E-state index < -0.39 is 0 Å². The van der Waals surface area contributed by atoms with Crippen LogP contribution in [0.1, 0.15) is 10.4 Å². The van der Waals surface area contributed by atoms with Crippen molar-refractivity contribution >= 4 is 29.3 Å². The number of nitrogens with zero attached hydrogens (tertiary/aromatic N) is 2. The Morgan fingerprint density at radius 3 is 2.78 bits per heavy atom. The largest absolute Gasteiger partial charge is 0.351 e. The van der Waals surface area contributed by atoms with Gasteiger partial charge < -0.3 is 10.6 Å². The Morgan fingerprint density at radius 2 is 2.00 bits per heavy atom. The zero-order valence-corrected chi connectivity index (χ0v) is 10.8. The van der Waals surface area contributed by atoms with Crippen molar-refractivity contribution in [2.45, 2.75) is 0 Å². The minimum atomic E-state index is -0.119. The molecule has 1 aromatic heterocycles. The Labute approximate surface area is 111 Å². The van der Waals surface area contributed by atoms with Crippen LogP contribution in [0.2, 0.25) is 0 Å². The van der Waals surface area contributed by atoms with Gasteiger partial charge in [0.15, 0.2) is 0 Å². The third kappa shape index (κ3) is 3.15. The number of halogens is 1. The van der Waals surface area contributed by atoms with Gasteiger partial charge >= 0.3 is 0 Å². The van der Waals surface area contributed by atoms with Crippen LogP contribution < -0.4 is 10.6 Å². The van der Waals surface area contributed by atoms with Crippen LogP contribution in [-0.4, -0.2) is 36.0 Å². The minimum absolute atomic E-state index is 0. The first-order valence-corrected chi connectivity index (χ1v) is 5.45. The number of benzene rings is 1. The van der Waals surface area contributed by atoms with E-state index in [0.717, 1.165) is 12.1 Å². The van der Waals surface area contributed by atoms with E-state index in [1.165, 1.54) is 0 Å². The summed E-state index contributed by atoms with van der Waals surface area (Å²) < 4.78 is 0. The van der Waals surface area contributed by atoms with Gasteiger partial charge in [-0.05, 0) is 19.2 Å². The summed E-state index contributed by atoms with van der Waals surface area (Å²) >= 11 is 0. The lowest BCUT2D eigenvalue weighted by Gasteiger charge is -2.06. The third-order valence-corrected chi connectivity index (χ3v) is 2.40. The lowest BCUT2D eigenvalue weighted by atomic mass is 10.1. The summed E-state index contributed by atoms with van der Waals surface area (Å²) in [5, 5.41) is 5.79. The smallest absolute Gasteiger partial charge is 0.253 e. The molecule has 0 aliphatic rings. The Balaban J connectivity index is 0.00000162. The van der Waals surface area contributed by atoms with Crippen LogP contribution in [0.25, 0.3) is 11.0 Å². The second-order valence-electron chi connectivity index (χ2n) is 3.59. The molecule has 2 rings (SSSR count). The number of fused-ring (bicyclic) bond motifs is 1. The lowest BCUT2D eigenvalue weighted by Crippen LogP contribution is -2.30. The molecule has 1 heterocycles. The van der Waals surface area contributed by atoms with Gasteiger partial charge in [-0.25, -0.2) is 0 Å². The molecule has 18 heavy (non-hydrogen) atoms. The van der Waals surface area contributed by atoms with E-state index in [2.05, 4.69) is 20.6 Å². The summed E-state index contributed by atoms with van der Waals surface area (Å²) in [6, 6.07) is 5.41. The predicted molar refractivity (Wildman–Crippen MR) is 73.0 cm³/mol. The molecular formula is C12H15ClN4O. The lowest BCUT2D eigenvalue weighted by molar-refractivity contribution is 0.0955. The van der Waals surface area contributed by atoms with Gasteiger partial charge in [0.25, 0.3) is 5.91 Å². The fourth-order valence-electron chi connectivity index (χ4n) is 1.57. The molecule has 0 radical (unpaired) electrons. The van der Waals surface area contributed by atoms with Crippen molar-refractivity contribution in [3.8, 4) is 0 Å². The second-order valence-corrected chi connectivity index (χ2v) is 3.59. The zero-order chi connectivity index (χ0) is 12.1. The fraction of sp³-hybridized carbons (Fsp3) is 0.250. The summed E-state index contributed by atoms with van der Waals surface area (Å²) in [6.45, 7) is 1.33. The van der Waals surface area contributed by atoms with E-state index in [4.69, 9.17) is 0 Å². The van der Waals surface area contributed by atoms with Crippen LogP contribution in [-0.2, 0) is 0 Å². The molecule has 5 nitrogen and oxygen atoms in total. The topological polar surface area (TPSA) is 66.9 Å². The van der Waals surface area contributed by atoms with Gasteiger partial charge in [0, 0.05) is 25.5 Å². The number of carbonyl (C=O) groups excluding carboxylic acids is 1. The van der Waals surface area contributed by atoms with Gasteiger partial charge in [-0.2, -0.15) is 0 Å². The molecule has 0 unspecified atom stereocenters. The molecule has 0 aliphatic carbocycles. The van der Waals surface area contributed by atoms with Gasteiger partial charge in [-0.3, -0.25) is 14.8 Å². The van der Waals surface area contributed by atoms with Crippen LogP contribution in [0.3, 0.4) is 0 Å². The normalized spacial score (nSPS) is 9.83. The molecular weight excluding hydrogens is 252 g/mol. The highest BCUT2D eigenvalue weighted by molar-refractivity contribution is 6.04. The summed E-state index contributed by atoms with van der Waals surface area (Å²) in [7, 11) is 1.84. The SMILES string of the molecule is CNCCNC(=O)c1cccc2nccnc12.Cl. The molecule has 0 atom stereocenters. The maximum absolute atomic E-state index is 11.9. The van der Waals surface area contributed by atoms with Crippen LogP contribution in [0.4, 0.5) is 0 Å². The number of para-hydroxylation sites is 1. The maximum Gasteiger partial charge on any atom is 0.253 e. The number of amides is 1. The van der Waals surface area contributed by atoms with Crippen molar-refractivity contribution in [1.82, 2.24) is 20.6 Å². The second kappa shape index (κ2) is 6.88. The van der Waals surface area contributed by atoms with Crippen molar-refractivity contribution in [2.24, 2.45) is 0 Å². The van der Waals surface area contributed by atoms with E-state index in [9.17, 15) is 4.79 Å². The number of rotatable bonds is 4. The molecule has 6 heteroatoms. The van der Waals surface area contributed by atoms with E-state index >= 15 is 0 Å². The molecule has 2 N–H and O–H groups in total. The maximum atomic E-state index is 11.9. The van der Waals surface area contributed by atoms with Crippen molar-refractivity contribution < 1.29 is 4.79 Å². The molecule has 0 aliphatic heterocycles. The minimum Gasteiger partial charge on any atom is -0.351 e. The first kappa shape index (κ1) is 14.3. The first-order valence-electron chi connectivity index (χ1n) is 5.45. The number of aromatic nitrogens is 2. The highest BCUT2D eigenvalue weighted by Gasteiger charge is 2.10. The summed E-state index contributed by atoms with van der Waals surface area (Å²) in [5.41, 5.74) is 1.93. The number of nitrogens with one attached hydrogen (secondary N) is 2. The van der Waals surface area contributed by atoms with E-state index in [1.54, 1.807) is 18.5 Å². The molecule has 2 aromatic rings. The molecule has 96 valence electrons. The Kier molecular flexibility index (Phi) is 5.48. The molecule has 0 spiro atoms. The van der Waals surface area contributed by atoms with E-state index in [-0.39, 0.29) is 18.3 Å². The third-order valence-electron chi connectivity index (χ3n) is 2.40. The van der Waals surface area contributed by atoms with Crippen molar-refractivity contribution in [2.75, 3.05) is 20.1 Å². The standard InChI is InChI=1S/C12H14N4O.ClH/c1-13-5-6-16-12(17)9-3-2-4-10-11(9)15-8-7-14-10;/h2-4,7-8,13H,5-6H2,1H3,(H,16,17);1H. The molecule has 0 fully saturated rings. The van der Waals surface area contributed by atoms with Gasteiger partial charge in [-0.1, -0.05) is 6.07 Å². The predicted octanol–water partition coefficient (Wildman–Crippen LogP) is 1.00. The number of hydrogen-bond acceptors (Lipinski definition) is 4. The van der Waals surface area contributed by atoms with Gasteiger partial charge in [0.2, 0.25) is 0 Å². The van der Waals surface area contributed by atoms with Gasteiger partial charge in [0.1, 0.15) is 5.52 Å². The molecule has 0 bridgehead atoms. The summed E-state index contributed by atoms with van der Waals surface area (Å²) in [6.07, 6.45) is 3.21. The fourth-order valence-corrected chi connectivity index (χ4v) is 1.57. The number of hydrogen-bond donors (Lipinski definition) is 2. The van der Waals surface area contributed by atoms with Crippen LogP contribution in [0, 0.1) is 0 Å². The highest BCUT2D eigenvalue weighted by Crippen LogP contribution is 2.13. The average Bonchev–Trinajstić information content (AvgIpc) is 2.38. The summed E-state index contributed by atoms with van der Waals surface area (Å²) in [4.78, 5) is 20.3. The quantitative estimate of drug-likeness (QED) is 0.811. The zero-order valence-electron chi connectivity index (χ0n) is 10.0. The van der Waals surface area contributed by atoms with Crippen molar-refractivity contribution in [3.63, 3.8) is 0 Å². The monoisotopic (exact) mass is 266 g/mol. The average molecular weight is 267 g/mol. The Bertz CT molecular complexity index is 527. The van der Waals surface area contributed by atoms with Crippen molar-refractivity contribution in [3.05, 3.63) is 36.2 Å². The van der Waals surface area contributed by atoms with Crippen LogP contribution in [0.5, 0.6) is 0 Å². The van der Waals surface area contributed by atoms with Gasteiger partial charge in [-0.15, -0.1) is 12.4 Å². The summed E-state index contributed by atoms with van der Waals surface area (Å²) in [5.74, 6) is -0.119. The number of likely N-dealkylation sites (N-methyl/N-ethyl adjacent to an activating group) is 1. The van der Waals surface area contributed by atoms with Crippen molar-refractivity contribution in [1.29, 1.82) is 0 Å². The van der Waals surface area contributed by atoms with Crippen LogP contribution >= 0.6 is 12.4 Å². The van der Waals surface area contributed by atoms with E-state index in [0.29, 0.717) is 17.6 Å². The number of carbonyl (C=O) groups is 1. The molecule has 0 saturated carbocycles. The molecule has 1 aromatic carbocycles. The van der Waals surface area contributed by atoms with E-state index in [1.807, 2.05) is 19.2 Å². The Morgan fingerprint density at radius 1 is 1.22 bits per heavy atom. The highest BCUT2D eigenvalue weighted by atomic mass is 35.5. The van der Waals surface area contributed by atoms with Gasteiger partial charge in [0.05, 0.1) is 11.1 Å². The van der Waals surface area contributed by atoms with Crippen LogP contribution in [0.15, 0.2) is 30.6 Å². The molecule has 0 saturated heterocycles.